The van der Waals surface area contributed by atoms with Crippen LogP contribution in [0.1, 0.15) is 22.7 Å². The van der Waals surface area contributed by atoms with Gasteiger partial charge >= 0.3 is 0 Å². The fourth-order valence-electron chi connectivity index (χ4n) is 4.16. The molecule has 3 heterocycles. The van der Waals surface area contributed by atoms with Crippen molar-refractivity contribution < 1.29 is 19.1 Å². The van der Waals surface area contributed by atoms with E-state index in [0.717, 1.165) is 5.52 Å². The maximum absolute atomic E-state index is 14.9. The van der Waals surface area contributed by atoms with E-state index in [1.54, 1.807) is 42.9 Å². The average molecular weight is 427 g/mol. The third-order valence-electron chi connectivity index (χ3n) is 5.66. The van der Waals surface area contributed by atoms with Gasteiger partial charge in [0.05, 0.1) is 11.6 Å². The van der Waals surface area contributed by atoms with Gasteiger partial charge in [-0.3, -0.25) is 14.6 Å². The fraction of sp³-hybridized carbons (Fsp3) is 0.0800. The maximum atomic E-state index is 14.9. The zero-order valence-electron chi connectivity index (χ0n) is 16.8. The number of carbonyl (C=O) groups excluding carboxylic acids is 2. The second-order valence-corrected chi connectivity index (χ2v) is 7.56. The molecule has 1 aliphatic rings. The van der Waals surface area contributed by atoms with Gasteiger partial charge in [0.25, 0.3) is 11.7 Å². The number of nitrogens with one attached hydrogen (secondary N) is 1. The van der Waals surface area contributed by atoms with E-state index in [1.165, 1.54) is 23.1 Å². The number of Topliss-reactive ketones (excluding diaryl/α,β-unsaturated/α-hetero) is 1. The Balaban J connectivity index is 1.71. The summed E-state index contributed by atoms with van der Waals surface area (Å²) in [5, 5.41) is 11.9. The number of carbonyl (C=O) groups is 2. The molecule has 158 valence electrons. The minimum atomic E-state index is -1.08. The molecule has 0 bridgehead atoms. The number of aliphatic hydroxyl groups excluding tert-OH is 1. The van der Waals surface area contributed by atoms with Crippen molar-refractivity contribution in [1.29, 1.82) is 0 Å². The van der Waals surface area contributed by atoms with Gasteiger partial charge in [0.1, 0.15) is 11.6 Å². The standard InChI is InChI=1S/C25H18FN3O3/c26-19-9-3-1-8-17(19)22-21(23(30)18-13-28-20-10-4-2-7-16(18)20)24(31)25(32)29(22)14-15-6-5-11-27-12-15/h1-13,22,28,30H,14H2/b23-21+. The lowest BCUT2D eigenvalue weighted by molar-refractivity contribution is -0.140. The van der Waals surface area contributed by atoms with Gasteiger partial charge in [0.15, 0.2) is 0 Å². The molecule has 4 aromatic rings. The van der Waals surface area contributed by atoms with Gasteiger partial charge in [-0.15, -0.1) is 0 Å². The summed E-state index contributed by atoms with van der Waals surface area (Å²) >= 11 is 0. The summed E-state index contributed by atoms with van der Waals surface area (Å²) in [6.07, 6.45) is 4.76. The Hall–Kier alpha value is -4.26. The number of aliphatic hydroxyl groups is 1. The highest BCUT2D eigenvalue weighted by molar-refractivity contribution is 6.46. The van der Waals surface area contributed by atoms with Crippen molar-refractivity contribution >= 4 is 28.4 Å². The van der Waals surface area contributed by atoms with Crippen LogP contribution >= 0.6 is 0 Å². The van der Waals surface area contributed by atoms with E-state index in [9.17, 15) is 19.1 Å². The SMILES string of the molecule is O=C1C(=O)N(Cc2cccnc2)C(c2ccccc2F)/C1=C(\O)c1c[nH]c2ccccc12. The molecule has 2 aromatic heterocycles. The van der Waals surface area contributed by atoms with Crippen LogP contribution in [0.15, 0.2) is 84.8 Å². The minimum absolute atomic E-state index is 0.0437. The topological polar surface area (TPSA) is 86.3 Å². The highest BCUT2D eigenvalue weighted by Gasteiger charge is 2.47. The number of aromatic nitrogens is 2. The van der Waals surface area contributed by atoms with Crippen LogP contribution in [0.5, 0.6) is 0 Å². The predicted octanol–water partition coefficient (Wildman–Crippen LogP) is 4.32. The van der Waals surface area contributed by atoms with Crippen LogP contribution in [0, 0.1) is 5.82 Å². The first-order chi connectivity index (χ1) is 15.6. The quantitative estimate of drug-likeness (QED) is 0.288. The number of halogens is 1. The summed E-state index contributed by atoms with van der Waals surface area (Å²) in [4.78, 5) is 34.5. The summed E-state index contributed by atoms with van der Waals surface area (Å²) in [5.41, 5.74) is 1.82. The number of likely N-dealkylation sites (tertiary alicyclic amines) is 1. The number of H-pyrrole nitrogens is 1. The number of hydrogen-bond acceptors (Lipinski definition) is 4. The second-order valence-electron chi connectivity index (χ2n) is 7.56. The van der Waals surface area contributed by atoms with E-state index >= 15 is 0 Å². The molecule has 2 N–H and O–H groups in total. The first kappa shape index (κ1) is 19.7. The summed E-state index contributed by atoms with van der Waals surface area (Å²) in [6, 6.07) is 15.6. The van der Waals surface area contributed by atoms with Crippen LogP contribution in [-0.2, 0) is 16.1 Å². The summed E-state index contributed by atoms with van der Waals surface area (Å²) in [5.74, 6) is -2.57. The van der Waals surface area contributed by atoms with Crippen molar-refractivity contribution in [2.24, 2.45) is 0 Å². The lowest BCUT2D eigenvalue weighted by Crippen LogP contribution is -2.29. The number of aromatic amines is 1. The molecule has 1 amide bonds. The van der Waals surface area contributed by atoms with E-state index in [0.29, 0.717) is 16.5 Å². The number of hydrogen-bond donors (Lipinski definition) is 2. The van der Waals surface area contributed by atoms with Crippen molar-refractivity contribution in [2.45, 2.75) is 12.6 Å². The Labute approximate surface area is 182 Å². The molecule has 2 aromatic carbocycles. The fourth-order valence-corrected chi connectivity index (χ4v) is 4.16. The molecule has 1 aliphatic heterocycles. The Bertz CT molecular complexity index is 1380. The molecule has 0 saturated carbocycles. The van der Waals surface area contributed by atoms with Gasteiger partial charge in [-0.1, -0.05) is 42.5 Å². The van der Waals surface area contributed by atoms with E-state index in [4.69, 9.17) is 0 Å². The molecular formula is C25H18FN3O3. The van der Waals surface area contributed by atoms with Crippen molar-refractivity contribution in [3.8, 4) is 0 Å². The van der Waals surface area contributed by atoms with Crippen LogP contribution in [-0.4, -0.2) is 31.7 Å². The number of nitrogens with zero attached hydrogens (tertiary/aromatic N) is 2. The van der Waals surface area contributed by atoms with Gasteiger partial charge in [0, 0.05) is 47.2 Å². The number of fused-ring (bicyclic) bond motifs is 1. The normalized spacial score (nSPS) is 17.9. The highest BCUT2D eigenvalue weighted by atomic mass is 19.1. The number of rotatable bonds is 4. The number of amides is 1. The molecule has 6 nitrogen and oxygen atoms in total. The highest BCUT2D eigenvalue weighted by Crippen LogP contribution is 2.42. The molecule has 0 aliphatic carbocycles. The van der Waals surface area contributed by atoms with Gasteiger partial charge in [0.2, 0.25) is 0 Å². The third-order valence-corrected chi connectivity index (χ3v) is 5.66. The minimum Gasteiger partial charge on any atom is -0.507 e. The smallest absolute Gasteiger partial charge is 0.295 e. The van der Waals surface area contributed by atoms with E-state index in [2.05, 4.69) is 9.97 Å². The van der Waals surface area contributed by atoms with Crippen molar-refractivity contribution in [2.75, 3.05) is 0 Å². The molecule has 1 unspecified atom stereocenters. The van der Waals surface area contributed by atoms with E-state index in [-0.39, 0.29) is 23.4 Å². The second kappa shape index (κ2) is 7.77. The van der Waals surface area contributed by atoms with Crippen LogP contribution < -0.4 is 0 Å². The van der Waals surface area contributed by atoms with Crippen LogP contribution in [0.4, 0.5) is 4.39 Å². The number of ketones is 1. The number of para-hydroxylation sites is 1. The van der Waals surface area contributed by atoms with Gasteiger partial charge in [-0.2, -0.15) is 0 Å². The largest absolute Gasteiger partial charge is 0.507 e. The van der Waals surface area contributed by atoms with E-state index in [1.807, 2.05) is 18.2 Å². The molecule has 1 saturated heterocycles. The lowest BCUT2D eigenvalue weighted by Gasteiger charge is -2.25. The summed E-state index contributed by atoms with van der Waals surface area (Å²) < 4.78 is 14.9. The summed E-state index contributed by atoms with van der Waals surface area (Å²) in [7, 11) is 0. The van der Waals surface area contributed by atoms with Crippen molar-refractivity contribution in [3.63, 3.8) is 0 Å². The monoisotopic (exact) mass is 427 g/mol. The van der Waals surface area contributed by atoms with Crippen molar-refractivity contribution in [1.82, 2.24) is 14.9 Å². The van der Waals surface area contributed by atoms with Gasteiger partial charge in [-0.25, -0.2) is 4.39 Å². The first-order valence-corrected chi connectivity index (χ1v) is 10.0. The molecule has 0 spiro atoms. The first-order valence-electron chi connectivity index (χ1n) is 10.0. The average Bonchev–Trinajstić information content (AvgIpc) is 3.35. The molecule has 1 atom stereocenters. The maximum Gasteiger partial charge on any atom is 0.295 e. The molecule has 32 heavy (non-hydrogen) atoms. The van der Waals surface area contributed by atoms with Crippen LogP contribution in [0.3, 0.4) is 0 Å². The zero-order valence-corrected chi connectivity index (χ0v) is 16.8. The Morgan fingerprint density at radius 1 is 1.06 bits per heavy atom. The lowest BCUT2D eigenvalue weighted by atomic mass is 9.94. The molecule has 7 heteroatoms. The van der Waals surface area contributed by atoms with Crippen LogP contribution in [0.25, 0.3) is 16.7 Å². The van der Waals surface area contributed by atoms with E-state index < -0.39 is 23.5 Å². The van der Waals surface area contributed by atoms with Crippen LogP contribution in [0.2, 0.25) is 0 Å². The van der Waals surface area contributed by atoms with Gasteiger partial charge in [-0.05, 0) is 23.8 Å². The number of benzene rings is 2. The zero-order chi connectivity index (χ0) is 22.2. The van der Waals surface area contributed by atoms with Gasteiger partial charge < -0.3 is 15.0 Å². The summed E-state index contributed by atoms with van der Waals surface area (Å²) in [6.45, 7) is 0.0437. The molecule has 1 fully saturated rings. The molecule has 0 radical (unpaired) electrons. The third kappa shape index (κ3) is 3.15. The Kier molecular flexibility index (Phi) is 4.78. The molecular weight excluding hydrogens is 409 g/mol. The number of pyridine rings is 1. The Morgan fingerprint density at radius 3 is 2.62 bits per heavy atom. The Morgan fingerprint density at radius 2 is 1.84 bits per heavy atom. The predicted molar refractivity (Wildman–Crippen MR) is 117 cm³/mol. The van der Waals surface area contributed by atoms with Crippen molar-refractivity contribution in [3.05, 3.63) is 107 Å². The molecule has 5 rings (SSSR count).